The number of hydrogen-bond donors (Lipinski definition) is 3. The molecule has 2 aromatic heterocycles. The van der Waals surface area contributed by atoms with Gasteiger partial charge in [-0.25, -0.2) is 13.9 Å². The van der Waals surface area contributed by atoms with Gasteiger partial charge in [-0.05, 0) is 43.9 Å². The molecule has 1 aromatic carbocycles. The molecule has 0 aliphatic heterocycles. The summed E-state index contributed by atoms with van der Waals surface area (Å²) in [6.45, 7) is 1.25. The van der Waals surface area contributed by atoms with Crippen LogP contribution in [-0.2, 0) is 13.9 Å². The van der Waals surface area contributed by atoms with E-state index in [0.717, 1.165) is 6.07 Å². The van der Waals surface area contributed by atoms with E-state index in [2.05, 4.69) is 20.0 Å². The lowest BCUT2D eigenvalue weighted by molar-refractivity contribution is -0.138. The number of aromatic nitrogens is 4. The topological polar surface area (TPSA) is 164 Å². The van der Waals surface area contributed by atoms with Gasteiger partial charge in [0.05, 0.1) is 20.0 Å². The Hall–Kier alpha value is -2.99. The zero-order chi connectivity index (χ0) is 25.3. The molecule has 4 N–H and O–H groups in total. The summed E-state index contributed by atoms with van der Waals surface area (Å²) in [5.41, 5.74) is 6.78. The fourth-order valence-corrected chi connectivity index (χ4v) is 5.38. The van der Waals surface area contributed by atoms with Crippen molar-refractivity contribution in [2.75, 3.05) is 19.5 Å². The van der Waals surface area contributed by atoms with Crippen LogP contribution in [0.1, 0.15) is 25.8 Å². The average molecular weight is 529 g/mol. The van der Waals surface area contributed by atoms with Crippen LogP contribution in [0.25, 0.3) is 11.2 Å². The third-order valence-corrected chi connectivity index (χ3v) is 7.38. The maximum atomic E-state index is 14.2. The zero-order valence-electron chi connectivity index (χ0n) is 18.7. The van der Waals surface area contributed by atoms with Crippen molar-refractivity contribution in [1.29, 1.82) is 0 Å². The van der Waals surface area contributed by atoms with E-state index in [4.69, 9.17) is 31.1 Å². The zero-order valence-corrected chi connectivity index (χ0v) is 20.4. The molecule has 0 spiro atoms. The SMILES string of the molecule is COc1nc(N)nc2c1ncn2C1CC(COP(=O)(NC(C)C(=O)O)Oc2ccc(Cl)cc2F)C1. The van der Waals surface area contributed by atoms with Crippen LogP contribution in [0.3, 0.4) is 0 Å². The summed E-state index contributed by atoms with van der Waals surface area (Å²) < 4.78 is 45.4. The molecule has 1 saturated carbocycles. The molecule has 4 rings (SSSR count). The Kier molecular flexibility index (Phi) is 7.13. The van der Waals surface area contributed by atoms with Crippen molar-refractivity contribution in [1.82, 2.24) is 24.6 Å². The van der Waals surface area contributed by atoms with Gasteiger partial charge in [-0.3, -0.25) is 9.32 Å². The summed E-state index contributed by atoms with van der Waals surface area (Å²) in [5.74, 6) is -2.23. The molecule has 188 valence electrons. The number of fused-ring (bicyclic) bond motifs is 1. The summed E-state index contributed by atoms with van der Waals surface area (Å²) >= 11 is 5.74. The summed E-state index contributed by atoms with van der Waals surface area (Å²) in [7, 11) is -2.78. The fourth-order valence-electron chi connectivity index (χ4n) is 3.64. The third-order valence-electron chi connectivity index (χ3n) is 5.52. The molecular formula is C20H23ClFN6O6P. The molecule has 2 atom stereocenters. The minimum atomic E-state index is -4.25. The highest BCUT2D eigenvalue weighted by atomic mass is 35.5. The predicted molar refractivity (Wildman–Crippen MR) is 124 cm³/mol. The van der Waals surface area contributed by atoms with Crippen LogP contribution in [0.15, 0.2) is 24.5 Å². The second-order valence-corrected chi connectivity index (χ2v) is 10.2. The van der Waals surface area contributed by atoms with Gasteiger partial charge in [0.15, 0.2) is 22.7 Å². The van der Waals surface area contributed by atoms with Crippen LogP contribution in [0.5, 0.6) is 11.6 Å². The monoisotopic (exact) mass is 528 g/mol. The first-order valence-electron chi connectivity index (χ1n) is 10.5. The number of nitrogens with zero attached hydrogens (tertiary/aromatic N) is 4. The van der Waals surface area contributed by atoms with E-state index in [1.165, 1.54) is 26.2 Å². The molecule has 35 heavy (non-hydrogen) atoms. The summed E-state index contributed by atoms with van der Waals surface area (Å²) in [6.07, 6.45) is 2.87. The van der Waals surface area contributed by atoms with Crippen LogP contribution in [0, 0.1) is 11.7 Å². The smallest absolute Gasteiger partial charge is 0.459 e. The highest BCUT2D eigenvalue weighted by Gasteiger charge is 2.37. The number of nitrogen functional groups attached to an aromatic ring is 1. The van der Waals surface area contributed by atoms with Crippen molar-refractivity contribution in [3.63, 3.8) is 0 Å². The van der Waals surface area contributed by atoms with E-state index < -0.39 is 25.6 Å². The van der Waals surface area contributed by atoms with Crippen molar-refractivity contribution in [3.05, 3.63) is 35.4 Å². The second-order valence-electron chi connectivity index (χ2n) is 8.05. The van der Waals surface area contributed by atoms with E-state index in [-0.39, 0.29) is 41.2 Å². The number of nitrogens with one attached hydrogen (secondary N) is 1. The normalized spacial score (nSPS) is 20.1. The van der Waals surface area contributed by atoms with Crippen molar-refractivity contribution in [2.24, 2.45) is 5.92 Å². The van der Waals surface area contributed by atoms with Crippen LogP contribution < -0.4 is 20.1 Å². The Balaban J connectivity index is 1.44. The minimum absolute atomic E-state index is 0.0185. The van der Waals surface area contributed by atoms with Crippen LogP contribution in [0.4, 0.5) is 10.3 Å². The Morgan fingerprint density at radius 3 is 2.83 bits per heavy atom. The first-order valence-corrected chi connectivity index (χ1v) is 12.4. The number of nitrogens with two attached hydrogens (primary N) is 1. The van der Waals surface area contributed by atoms with Gasteiger partial charge in [-0.1, -0.05) is 11.6 Å². The molecule has 1 fully saturated rings. The number of carboxylic acids is 1. The molecular weight excluding hydrogens is 506 g/mol. The fraction of sp³-hybridized carbons (Fsp3) is 0.400. The number of benzene rings is 1. The number of hydrogen-bond acceptors (Lipinski definition) is 9. The number of carboxylic acid groups (broad SMARTS) is 1. The van der Waals surface area contributed by atoms with E-state index in [0.29, 0.717) is 24.0 Å². The maximum Gasteiger partial charge on any atom is 0.459 e. The molecule has 2 heterocycles. The number of methoxy groups -OCH3 is 1. The van der Waals surface area contributed by atoms with E-state index >= 15 is 0 Å². The molecule has 12 nitrogen and oxygen atoms in total. The molecule has 3 aromatic rings. The van der Waals surface area contributed by atoms with Gasteiger partial charge in [-0.2, -0.15) is 15.1 Å². The van der Waals surface area contributed by atoms with Crippen LogP contribution in [0.2, 0.25) is 5.02 Å². The number of halogens is 2. The number of imidazole rings is 1. The largest absolute Gasteiger partial charge is 0.480 e. The molecule has 0 radical (unpaired) electrons. The lowest BCUT2D eigenvalue weighted by Crippen LogP contribution is -2.35. The van der Waals surface area contributed by atoms with Gasteiger partial charge in [0.2, 0.25) is 11.8 Å². The van der Waals surface area contributed by atoms with Crippen molar-refractivity contribution < 1.29 is 32.6 Å². The molecule has 0 bridgehead atoms. The van der Waals surface area contributed by atoms with Gasteiger partial charge in [0.1, 0.15) is 6.04 Å². The highest BCUT2D eigenvalue weighted by molar-refractivity contribution is 7.52. The minimum Gasteiger partial charge on any atom is -0.480 e. The first kappa shape index (κ1) is 25.1. The molecule has 2 unspecified atom stereocenters. The lowest BCUT2D eigenvalue weighted by atomic mass is 9.81. The highest BCUT2D eigenvalue weighted by Crippen LogP contribution is 2.48. The Morgan fingerprint density at radius 1 is 1.43 bits per heavy atom. The molecule has 0 amide bonds. The van der Waals surface area contributed by atoms with Crippen LogP contribution >= 0.6 is 19.3 Å². The number of ether oxygens (including phenoxy) is 1. The van der Waals surface area contributed by atoms with Gasteiger partial charge in [-0.15, -0.1) is 0 Å². The molecule has 1 aliphatic rings. The molecule has 0 saturated heterocycles. The van der Waals surface area contributed by atoms with E-state index in [9.17, 15) is 18.9 Å². The van der Waals surface area contributed by atoms with Crippen LogP contribution in [-0.4, -0.2) is 50.4 Å². The summed E-state index contributed by atoms with van der Waals surface area (Å²) in [5, 5.41) is 11.6. The second kappa shape index (κ2) is 9.94. The summed E-state index contributed by atoms with van der Waals surface area (Å²) in [4.78, 5) is 23.8. The Morgan fingerprint density at radius 2 is 2.17 bits per heavy atom. The number of carbonyl (C=O) groups is 1. The van der Waals surface area contributed by atoms with Gasteiger partial charge >= 0.3 is 13.7 Å². The van der Waals surface area contributed by atoms with Gasteiger partial charge in [0, 0.05) is 11.1 Å². The number of anilines is 1. The molecule has 15 heteroatoms. The Labute approximate surface area is 204 Å². The number of aliphatic carboxylic acids is 1. The van der Waals surface area contributed by atoms with E-state index in [1.54, 1.807) is 6.33 Å². The van der Waals surface area contributed by atoms with Crippen molar-refractivity contribution >= 4 is 42.4 Å². The standard InChI is InChI=1S/C20H23ClFN6O6P/c1-10(19(29)30)27-35(31,34-15-4-3-12(21)7-14(15)22)33-8-11-5-13(6-11)28-9-24-16-17(28)25-20(23)26-18(16)32-2/h3-4,7,9-11,13H,5-6,8H2,1-2H3,(H,27,31)(H,29,30)(H2,23,25,26). The Bertz CT molecular complexity index is 1300. The summed E-state index contributed by atoms with van der Waals surface area (Å²) in [6, 6.07) is 2.27. The van der Waals surface area contributed by atoms with Gasteiger partial charge < -0.3 is 24.7 Å². The number of rotatable bonds is 10. The quantitative estimate of drug-likeness (QED) is 0.330. The molecule has 1 aliphatic carbocycles. The average Bonchev–Trinajstić information content (AvgIpc) is 3.17. The van der Waals surface area contributed by atoms with Crippen molar-refractivity contribution in [3.8, 4) is 11.6 Å². The first-order chi connectivity index (χ1) is 16.6. The third kappa shape index (κ3) is 5.48. The predicted octanol–water partition coefficient (Wildman–Crippen LogP) is 3.43. The van der Waals surface area contributed by atoms with E-state index in [1.807, 2.05) is 4.57 Å². The van der Waals surface area contributed by atoms with Crippen molar-refractivity contribution in [2.45, 2.75) is 31.8 Å². The maximum absolute atomic E-state index is 14.2. The van der Waals surface area contributed by atoms with Gasteiger partial charge in [0.25, 0.3) is 0 Å². The lowest BCUT2D eigenvalue weighted by Gasteiger charge is -2.36.